The van der Waals surface area contributed by atoms with Crippen molar-refractivity contribution in [3.8, 4) is 5.88 Å². The molecule has 2 N–H and O–H groups in total. The Bertz CT molecular complexity index is 891. The number of nitrogens with one attached hydrogen (secondary N) is 2. The first kappa shape index (κ1) is 20.0. The van der Waals surface area contributed by atoms with Crippen molar-refractivity contribution >= 4 is 23.6 Å². The lowest BCUT2D eigenvalue weighted by atomic mass is 10.2. The van der Waals surface area contributed by atoms with E-state index in [9.17, 15) is 9.59 Å². The number of ether oxygens (including phenoxy) is 1. The molecule has 0 unspecified atom stereocenters. The summed E-state index contributed by atoms with van der Waals surface area (Å²) in [6.45, 7) is 2.53. The third-order valence-electron chi connectivity index (χ3n) is 3.99. The summed E-state index contributed by atoms with van der Waals surface area (Å²) in [5, 5.41) is 5.37. The maximum absolute atomic E-state index is 12.4. The Morgan fingerprint density at radius 2 is 1.45 bits per heavy atom. The van der Waals surface area contributed by atoms with E-state index in [0.717, 1.165) is 12.8 Å². The minimum absolute atomic E-state index is 0.0520. The van der Waals surface area contributed by atoms with E-state index in [1.807, 2.05) is 12.1 Å². The second-order valence-corrected chi connectivity index (χ2v) is 6.26. The number of anilines is 2. The molecule has 2 amide bonds. The summed E-state index contributed by atoms with van der Waals surface area (Å²) >= 11 is 0. The van der Waals surface area contributed by atoms with Crippen molar-refractivity contribution in [3.63, 3.8) is 0 Å². The smallest absolute Gasteiger partial charge is 0.258 e. The van der Waals surface area contributed by atoms with Crippen molar-refractivity contribution in [1.82, 2.24) is 9.97 Å². The monoisotopic (exact) mass is 390 g/mol. The molecule has 0 radical (unpaired) electrons. The number of benzene rings is 2. The fourth-order valence-corrected chi connectivity index (χ4v) is 2.48. The average molecular weight is 390 g/mol. The van der Waals surface area contributed by atoms with Crippen LogP contribution in [0.1, 0.15) is 40.5 Å². The van der Waals surface area contributed by atoms with Crippen molar-refractivity contribution in [2.45, 2.75) is 19.8 Å². The van der Waals surface area contributed by atoms with E-state index in [4.69, 9.17) is 4.74 Å². The van der Waals surface area contributed by atoms with Gasteiger partial charge in [-0.2, -0.15) is 9.97 Å². The van der Waals surface area contributed by atoms with Crippen LogP contribution in [0.4, 0.5) is 11.8 Å². The van der Waals surface area contributed by atoms with E-state index < -0.39 is 0 Å². The lowest BCUT2D eigenvalue weighted by molar-refractivity contribution is 0.101. The lowest BCUT2D eigenvalue weighted by Gasteiger charge is -2.11. The summed E-state index contributed by atoms with van der Waals surface area (Å²) in [5.74, 6) is -0.0964. The third-order valence-corrected chi connectivity index (χ3v) is 3.99. The number of nitrogens with zero attached hydrogens (tertiary/aromatic N) is 2. The van der Waals surface area contributed by atoms with Crippen molar-refractivity contribution < 1.29 is 14.3 Å². The SMILES string of the molecule is CCCCOc1cc(NC(=O)c2ccccc2)nc(NC(=O)c2ccccc2)n1. The third kappa shape index (κ3) is 5.87. The maximum Gasteiger partial charge on any atom is 0.258 e. The van der Waals surface area contributed by atoms with Crippen LogP contribution in [0.5, 0.6) is 5.88 Å². The van der Waals surface area contributed by atoms with E-state index >= 15 is 0 Å². The minimum Gasteiger partial charge on any atom is -0.477 e. The maximum atomic E-state index is 12.4. The van der Waals surface area contributed by atoms with Crippen molar-refractivity contribution in [2.24, 2.45) is 0 Å². The highest BCUT2D eigenvalue weighted by atomic mass is 16.5. The normalized spacial score (nSPS) is 10.2. The summed E-state index contributed by atoms with van der Waals surface area (Å²) in [4.78, 5) is 33.3. The molecule has 0 fully saturated rings. The number of unbranched alkanes of at least 4 members (excludes halogenated alkanes) is 1. The van der Waals surface area contributed by atoms with E-state index in [1.54, 1.807) is 48.5 Å². The van der Waals surface area contributed by atoms with Gasteiger partial charge in [-0.3, -0.25) is 14.9 Å². The largest absolute Gasteiger partial charge is 0.477 e. The molecule has 7 nitrogen and oxygen atoms in total. The molecule has 0 saturated carbocycles. The molecule has 0 aliphatic heterocycles. The molecule has 0 aliphatic rings. The lowest BCUT2D eigenvalue weighted by Crippen LogP contribution is -2.17. The van der Waals surface area contributed by atoms with Gasteiger partial charge >= 0.3 is 0 Å². The molecule has 3 aromatic rings. The van der Waals surface area contributed by atoms with Crippen LogP contribution in [0.3, 0.4) is 0 Å². The molecule has 0 atom stereocenters. The van der Waals surface area contributed by atoms with Gasteiger partial charge in [0.05, 0.1) is 6.61 Å². The van der Waals surface area contributed by atoms with E-state index in [0.29, 0.717) is 17.7 Å². The van der Waals surface area contributed by atoms with Crippen molar-refractivity contribution in [2.75, 3.05) is 17.2 Å². The van der Waals surface area contributed by atoms with Crippen molar-refractivity contribution in [1.29, 1.82) is 0 Å². The zero-order valence-electron chi connectivity index (χ0n) is 16.1. The van der Waals surface area contributed by atoms with Gasteiger partial charge in [0.2, 0.25) is 11.8 Å². The minimum atomic E-state index is -0.350. The standard InChI is InChI=1S/C22H22N4O3/c1-2-3-14-29-19-15-18(23-20(27)16-10-6-4-7-11-16)24-22(25-19)26-21(28)17-12-8-5-9-13-17/h4-13,15H,2-3,14H2,1H3,(H2,23,24,25,26,27,28). The number of rotatable bonds is 8. The molecule has 0 bridgehead atoms. The summed E-state index contributed by atoms with van der Waals surface area (Å²) in [6.07, 6.45) is 1.84. The van der Waals surface area contributed by atoms with Crippen LogP contribution in [0.25, 0.3) is 0 Å². The van der Waals surface area contributed by atoms with Gasteiger partial charge in [-0.1, -0.05) is 49.7 Å². The average Bonchev–Trinajstić information content (AvgIpc) is 2.75. The molecule has 1 heterocycles. The topological polar surface area (TPSA) is 93.2 Å². The molecule has 7 heteroatoms. The molecule has 0 saturated heterocycles. The number of carbonyl (C=O) groups excluding carboxylic acids is 2. The van der Waals surface area contributed by atoms with Gasteiger partial charge in [-0.15, -0.1) is 0 Å². The zero-order valence-corrected chi connectivity index (χ0v) is 16.1. The predicted molar refractivity (Wildman–Crippen MR) is 111 cm³/mol. The first-order valence-electron chi connectivity index (χ1n) is 9.40. The quantitative estimate of drug-likeness (QED) is 0.563. The summed E-state index contributed by atoms with van der Waals surface area (Å²) < 4.78 is 5.65. The first-order chi connectivity index (χ1) is 14.2. The Balaban J connectivity index is 1.81. The van der Waals surface area contributed by atoms with Gasteiger partial charge in [0.15, 0.2) is 0 Å². The van der Waals surface area contributed by atoms with Crippen molar-refractivity contribution in [3.05, 3.63) is 77.9 Å². The second kappa shape index (κ2) is 9.98. The number of aromatic nitrogens is 2. The zero-order chi connectivity index (χ0) is 20.5. The Morgan fingerprint density at radius 3 is 2.03 bits per heavy atom. The second-order valence-electron chi connectivity index (χ2n) is 6.26. The Labute approximate surface area is 169 Å². The Hall–Kier alpha value is -3.74. The van der Waals surface area contributed by atoms with Crippen LogP contribution in [-0.4, -0.2) is 28.4 Å². The van der Waals surface area contributed by atoms with Gasteiger partial charge in [0, 0.05) is 17.2 Å². The molecule has 0 aliphatic carbocycles. The van der Waals surface area contributed by atoms with Crippen LogP contribution in [0.2, 0.25) is 0 Å². The molecular weight excluding hydrogens is 368 g/mol. The van der Waals surface area contributed by atoms with E-state index in [-0.39, 0.29) is 29.5 Å². The molecule has 2 aromatic carbocycles. The summed E-state index contributed by atoms with van der Waals surface area (Å²) in [6, 6.07) is 19.1. The highest BCUT2D eigenvalue weighted by molar-refractivity contribution is 6.05. The van der Waals surface area contributed by atoms with Gasteiger partial charge in [-0.05, 0) is 30.7 Å². The fraction of sp³-hybridized carbons (Fsp3) is 0.182. The highest BCUT2D eigenvalue weighted by Crippen LogP contribution is 2.18. The van der Waals surface area contributed by atoms with E-state index in [2.05, 4.69) is 27.5 Å². The van der Waals surface area contributed by atoms with Gasteiger partial charge in [0.25, 0.3) is 11.8 Å². The number of hydrogen-bond donors (Lipinski definition) is 2. The van der Waals surface area contributed by atoms with Crippen LogP contribution in [-0.2, 0) is 0 Å². The molecule has 148 valence electrons. The molecule has 3 rings (SSSR count). The van der Waals surface area contributed by atoms with Crippen LogP contribution >= 0.6 is 0 Å². The summed E-state index contributed by atoms with van der Waals surface area (Å²) in [7, 11) is 0. The number of hydrogen-bond acceptors (Lipinski definition) is 5. The molecular formula is C22H22N4O3. The van der Waals surface area contributed by atoms with E-state index in [1.165, 1.54) is 6.07 Å². The fourth-order valence-electron chi connectivity index (χ4n) is 2.48. The molecule has 0 spiro atoms. The van der Waals surface area contributed by atoms with Crippen LogP contribution in [0.15, 0.2) is 66.7 Å². The van der Waals surface area contributed by atoms with Gasteiger partial charge < -0.3 is 10.1 Å². The van der Waals surface area contributed by atoms with Crippen LogP contribution in [0, 0.1) is 0 Å². The number of amides is 2. The Kier molecular flexibility index (Phi) is 6.89. The van der Waals surface area contributed by atoms with Crippen LogP contribution < -0.4 is 15.4 Å². The molecule has 29 heavy (non-hydrogen) atoms. The first-order valence-corrected chi connectivity index (χ1v) is 9.40. The summed E-state index contributed by atoms with van der Waals surface area (Å²) in [5.41, 5.74) is 0.970. The number of carbonyl (C=O) groups is 2. The van der Waals surface area contributed by atoms with Gasteiger partial charge in [-0.25, -0.2) is 0 Å². The Morgan fingerprint density at radius 1 is 0.862 bits per heavy atom. The van der Waals surface area contributed by atoms with Gasteiger partial charge in [0.1, 0.15) is 5.82 Å². The highest BCUT2D eigenvalue weighted by Gasteiger charge is 2.13. The molecule has 1 aromatic heterocycles. The predicted octanol–water partition coefficient (Wildman–Crippen LogP) is 4.16.